The van der Waals surface area contributed by atoms with Crippen LogP contribution in [0.15, 0.2) is 72.8 Å². The second-order valence-corrected chi connectivity index (χ2v) is 7.60. The first kappa shape index (κ1) is 25.1. The molecule has 3 nitrogen and oxygen atoms in total. The maximum Gasteiger partial charge on any atom is 0.166 e. The summed E-state index contributed by atoms with van der Waals surface area (Å²) >= 11 is 6.31. The topological polar surface area (TPSA) is 30.5 Å². The molecule has 1 unspecified atom stereocenters. The molecule has 0 amide bonds. The van der Waals surface area contributed by atoms with E-state index in [-0.39, 0.29) is 12.4 Å². The zero-order valence-electron chi connectivity index (χ0n) is 18.1. The summed E-state index contributed by atoms with van der Waals surface area (Å²) in [6.07, 6.45) is 2.19. The van der Waals surface area contributed by atoms with Crippen LogP contribution in [0, 0.1) is 0 Å². The lowest BCUT2D eigenvalue weighted by Crippen LogP contribution is -2.21. The Morgan fingerprint density at radius 1 is 0.839 bits per heavy atom. The van der Waals surface area contributed by atoms with Crippen molar-refractivity contribution in [2.24, 2.45) is 0 Å². The molecule has 3 aromatic rings. The van der Waals surface area contributed by atoms with Crippen molar-refractivity contribution in [3.8, 4) is 11.5 Å². The largest absolute Gasteiger partial charge is 0.490 e. The van der Waals surface area contributed by atoms with Crippen molar-refractivity contribution in [3.63, 3.8) is 0 Å². The molecular formula is C26H31Cl2NO2. The maximum atomic E-state index is 6.31. The first-order valence-electron chi connectivity index (χ1n) is 10.6. The summed E-state index contributed by atoms with van der Waals surface area (Å²) in [5, 5.41) is 4.42. The van der Waals surface area contributed by atoms with Crippen LogP contribution in [0.25, 0.3) is 0 Å². The van der Waals surface area contributed by atoms with Crippen molar-refractivity contribution in [3.05, 3.63) is 94.5 Å². The summed E-state index contributed by atoms with van der Waals surface area (Å²) < 4.78 is 12.1. The van der Waals surface area contributed by atoms with Gasteiger partial charge in [0.15, 0.2) is 11.5 Å². The summed E-state index contributed by atoms with van der Waals surface area (Å²) in [6.45, 7) is 5.87. The lowest BCUT2D eigenvalue weighted by Gasteiger charge is -2.21. The fourth-order valence-corrected chi connectivity index (χ4v) is 3.68. The minimum absolute atomic E-state index is 0. The van der Waals surface area contributed by atoms with Gasteiger partial charge in [0, 0.05) is 28.7 Å². The SMILES string of the molecule is CCCC(NCc1cccc(OCC)c1OCc1ccccc1Cl)c1ccccc1.Cl. The monoisotopic (exact) mass is 459 g/mol. The van der Waals surface area contributed by atoms with Crippen molar-refractivity contribution in [1.82, 2.24) is 5.32 Å². The Labute approximate surface area is 197 Å². The third-order valence-corrected chi connectivity index (χ3v) is 5.38. The maximum absolute atomic E-state index is 6.31. The lowest BCUT2D eigenvalue weighted by molar-refractivity contribution is 0.265. The molecule has 0 heterocycles. The van der Waals surface area contributed by atoms with E-state index >= 15 is 0 Å². The third-order valence-electron chi connectivity index (χ3n) is 5.01. The van der Waals surface area contributed by atoms with Crippen molar-refractivity contribution in [2.75, 3.05) is 6.61 Å². The van der Waals surface area contributed by atoms with Crippen molar-refractivity contribution >= 4 is 24.0 Å². The van der Waals surface area contributed by atoms with Crippen molar-refractivity contribution in [2.45, 2.75) is 45.9 Å². The molecule has 0 radical (unpaired) electrons. The second kappa shape index (κ2) is 13.3. The van der Waals surface area contributed by atoms with Gasteiger partial charge in [0.25, 0.3) is 0 Å². The number of nitrogens with one attached hydrogen (secondary N) is 1. The number of hydrogen-bond acceptors (Lipinski definition) is 3. The van der Waals surface area contributed by atoms with Gasteiger partial charge >= 0.3 is 0 Å². The number of rotatable bonds is 11. The highest BCUT2D eigenvalue weighted by Crippen LogP contribution is 2.33. The van der Waals surface area contributed by atoms with Crippen LogP contribution in [0.3, 0.4) is 0 Å². The molecule has 0 bridgehead atoms. The van der Waals surface area contributed by atoms with E-state index in [9.17, 15) is 0 Å². The summed E-state index contributed by atoms with van der Waals surface area (Å²) in [5.41, 5.74) is 3.33. The molecule has 1 atom stereocenters. The summed E-state index contributed by atoms with van der Waals surface area (Å²) in [6, 6.07) is 24.7. The first-order chi connectivity index (χ1) is 14.7. The molecule has 0 aliphatic heterocycles. The zero-order chi connectivity index (χ0) is 21.2. The van der Waals surface area contributed by atoms with Crippen molar-refractivity contribution < 1.29 is 9.47 Å². The molecule has 31 heavy (non-hydrogen) atoms. The number of ether oxygens (including phenoxy) is 2. The Hall–Kier alpha value is -2.20. The Morgan fingerprint density at radius 2 is 1.55 bits per heavy atom. The van der Waals surface area contributed by atoms with Crippen LogP contribution < -0.4 is 14.8 Å². The standard InChI is InChI=1S/C26H30ClNO2.ClH/c1-3-11-24(20-12-6-5-7-13-20)28-18-21-15-10-17-25(29-4-2)26(21)30-19-22-14-8-9-16-23(22)27;/h5-10,12-17,24,28H,3-4,11,18-19H2,1-2H3;1H. The van der Waals surface area contributed by atoms with E-state index in [1.807, 2.05) is 43.3 Å². The van der Waals surface area contributed by atoms with Crippen LogP contribution >= 0.6 is 24.0 Å². The number of para-hydroxylation sites is 1. The molecule has 1 N–H and O–H groups in total. The lowest BCUT2D eigenvalue weighted by atomic mass is 10.0. The van der Waals surface area contributed by atoms with Crippen LogP contribution in [0.1, 0.15) is 49.4 Å². The molecule has 3 aromatic carbocycles. The van der Waals surface area contributed by atoms with E-state index in [2.05, 4.69) is 48.6 Å². The van der Waals surface area contributed by atoms with E-state index in [0.29, 0.717) is 30.8 Å². The van der Waals surface area contributed by atoms with Gasteiger partial charge in [-0.15, -0.1) is 12.4 Å². The van der Waals surface area contributed by atoms with Gasteiger partial charge in [0.2, 0.25) is 0 Å². The molecule has 166 valence electrons. The van der Waals surface area contributed by atoms with Crippen LogP contribution in [-0.4, -0.2) is 6.61 Å². The van der Waals surface area contributed by atoms with E-state index in [4.69, 9.17) is 21.1 Å². The number of benzene rings is 3. The molecule has 0 spiro atoms. The highest BCUT2D eigenvalue weighted by atomic mass is 35.5. The Kier molecular flexibility index (Phi) is 10.7. The molecule has 0 aliphatic rings. The Bertz CT molecular complexity index is 918. The Morgan fingerprint density at radius 3 is 2.26 bits per heavy atom. The van der Waals surface area contributed by atoms with Gasteiger partial charge in [-0.3, -0.25) is 0 Å². The Balaban J connectivity index is 0.00000341. The molecule has 5 heteroatoms. The molecule has 0 saturated heterocycles. The molecular weight excluding hydrogens is 429 g/mol. The fraction of sp³-hybridized carbons (Fsp3) is 0.308. The van der Waals surface area contributed by atoms with Gasteiger partial charge in [-0.25, -0.2) is 0 Å². The smallest absolute Gasteiger partial charge is 0.166 e. The molecule has 3 rings (SSSR count). The molecule has 0 aromatic heterocycles. The van der Waals surface area contributed by atoms with Crippen LogP contribution in [0.2, 0.25) is 5.02 Å². The average Bonchev–Trinajstić information content (AvgIpc) is 2.78. The number of hydrogen-bond donors (Lipinski definition) is 1. The van der Waals surface area contributed by atoms with E-state index in [0.717, 1.165) is 35.5 Å². The van der Waals surface area contributed by atoms with Crippen LogP contribution in [0.5, 0.6) is 11.5 Å². The van der Waals surface area contributed by atoms with Gasteiger partial charge in [0.05, 0.1) is 6.61 Å². The van der Waals surface area contributed by atoms with Crippen LogP contribution in [-0.2, 0) is 13.2 Å². The van der Waals surface area contributed by atoms with Gasteiger partial charge in [0.1, 0.15) is 6.61 Å². The minimum atomic E-state index is 0. The van der Waals surface area contributed by atoms with Gasteiger partial charge in [-0.1, -0.05) is 85.6 Å². The van der Waals surface area contributed by atoms with Crippen molar-refractivity contribution in [1.29, 1.82) is 0 Å². The predicted molar refractivity (Wildman–Crippen MR) is 132 cm³/mol. The highest BCUT2D eigenvalue weighted by Gasteiger charge is 2.15. The average molecular weight is 460 g/mol. The van der Waals surface area contributed by atoms with E-state index in [1.165, 1.54) is 5.56 Å². The van der Waals surface area contributed by atoms with Gasteiger partial charge in [-0.2, -0.15) is 0 Å². The summed E-state index contributed by atoms with van der Waals surface area (Å²) in [7, 11) is 0. The van der Waals surface area contributed by atoms with Gasteiger partial charge < -0.3 is 14.8 Å². The fourth-order valence-electron chi connectivity index (χ4n) is 3.49. The molecule has 0 aliphatic carbocycles. The van der Waals surface area contributed by atoms with Crippen LogP contribution in [0.4, 0.5) is 0 Å². The zero-order valence-corrected chi connectivity index (χ0v) is 19.7. The normalized spacial score (nSPS) is 11.5. The summed E-state index contributed by atoms with van der Waals surface area (Å²) in [4.78, 5) is 0. The van der Waals surface area contributed by atoms with E-state index in [1.54, 1.807) is 0 Å². The summed E-state index contributed by atoms with van der Waals surface area (Å²) in [5.74, 6) is 1.53. The first-order valence-corrected chi connectivity index (χ1v) is 11.0. The minimum Gasteiger partial charge on any atom is -0.490 e. The number of halogens is 2. The quantitative estimate of drug-likeness (QED) is 0.324. The predicted octanol–water partition coefficient (Wildman–Crippen LogP) is 7.37. The molecule has 0 saturated carbocycles. The third kappa shape index (κ3) is 7.17. The second-order valence-electron chi connectivity index (χ2n) is 7.19. The molecule has 0 fully saturated rings. The highest BCUT2D eigenvalue weighted by molar-refractivity contribution is 6.31. The van der Waals surface area contributed by atoms with E-state index < -0.39 is 0 Å². The van der Waals surface area contributed by atoms with Gasteiger partial charge in [-0.05, 0) is 31.0 Å².